The molecule has 1 aliphatic heterocycles. The molecule has 19 heavy (non-hydrogen) atoms. The Morgan fingerprint density at radius 2 is 2.32 bits per heavy atom. The maximum Gasteiger partial charge on any atom is 0.292 e. The summed E-state index contributed by atoms with van der Waals surface area (Å²) in [4.78, 5) is 18.1. The molecule has 0 unspecified atom stereocenters. The second-order valence-corrected chi connectivity index (χ2v) is 5.12. The highest BCUT2D eigenvalue weighted by Gasteiger charge is 2.32. The first-order chi connectivity index (χ1) is 9.28. The monoisotopic (exact) mass is 266 g/mol. The van der Waals surface area contributed by atoms with Gasteiger partial charge in [-0.15, -0.1) is 0 Å². The number of nitrogens with one attached hydrogen (secondary N) is 1. The molecular weight excluding hydrogens is 248 g/mol. The molecule has 2 fully saturated rings. The van der Waals surface area contributed by atoms with Gasteiger partial charge >= 0.3 is 0 Å². The van der Waals surface area contributed by atoms with Crippen molar-refractivity contribution in [3.05, 3.63) is 11.7 Å². The largest absolute Gasteiger partial charge is 0.395 e. The molecule has 1 aromatic heterocycles. The lowest BCUT2D eigenvalue weighted by Crippen LogP contribution is -2.27. The molecule has 0 spiro atoms. The smallest absolute Gasteiger partial charge is 0.292 e. The predicted molar refractivity (Wildman–Crippen MR) is 65.4 cm³/mol. The van der Waals surface area contributed by atoms with E-state index in [1.807, 2.05) is 0 Å². The van der Waals surface area contributed by atoms with Crippen LogP contribution in [0.4, 0.5) is 0 Å². The number of β-amino-alcohol motifs (C(OH)–C–C–N with tert-alkyl or cyclic N) is 1. The summed E-state index contributed by atoms with van der Waals surface area (Å²) in [6, 6.07) is 0.314. The van der Waals surface area contributed by atoms with Gasteiger partial charge in [0, 0.05) is 12.6 Å². The summed E-state index contributed by atoms with van der Waals surface area (Å²) in [7, 11) is 0. The van der Waals surface area contributed by atoms with E-state index in [9.17, 15) is 4.79 Å². The van der Waals surface area contributed by atoms with Gasteiger partial charge in [0.1, 0.15) is 0 Å². The Bertz CT molecular complexity index is 458. The number of hydrogen-bond acceptors (Lipinski definition) is 6. The average Bonchev–Trinajstić information content (AvgIpc) is 2.93. The molecule has 1 amide bonds. The van der Waals surface area contributed by atoms with E-state index >= 15 is 0 Å². The normalized spacial score (nSPS) is 23.7. The summed E-state index contributed by atoms with van der Waals surface area (Å²) in [5.74, 6) is 0.328. The first-order valence-corrected chi connectivity index (χ1v) is 6.77. The second kappa shape index (κ2) is 5.26. The van der Waals surface area contributed by atoms with Crippen molar-refractivity contribution in [3.8, 4) is 0 Å². The number of hydrogen-bond donors (Lipinski definition) is 2. The number of likely N-dealkylation sites (tertiary alicyclic amines) is 1. The highest BCUT2D eigenvalue weighted by molar-refractivity contribution is 5.90. The lowest BCUT2D eigenvalue weighted by Gasteiger charge is -2.19. The number of aliphatic hydroxyl groups is 1. The Balaban J connectivity index is 1.67. The topological polar surface area (TPSA) is 91.5 Å². The van der Waals surface area contributed by atoms with Crippen LogP contribution in [0.5, 0.6) is 0 Å². The van der Waals surface area contributed by atoms with Crippen molar-refractivity contribution in [3.63, 3.8) is 0 Å². The van der Waals surface area contributed by atoms with Gasteiger partial charge < -0.3 is 14.9 Å². The Morgan fingerprint density at radius 3 is 3.05 bits per heavy atom. The molecule has 0 aromatic carbocycles. The van der Waals surface area contributed by atoms with Gasteiger partial charge in [-0.2, -0.15) is 4.98 Å². The fourth-order valence-electron chi connectivity index (χ4n) is 2.44. The maximum atomic E-state index is 11.8. The number of aliphatic hydroxyl groups excluding tert-OH is 1. The van der Waals surface area contributed by atoms with E-state index in [1.165, 1.54) is 0 Å². The van der Waals surface area contributed by atoms with E-state index in [-0.39, 0.29) is 30.4 Å². The van der Waals surface area contributed by atoms with Gasteiger partial charge in [0.2, 0.25) is 5.89 Å². The number of carbonyl (C=O) groups excluding carboxylic acids is 1. The molecule has 1 saturated heterocycles. The summed E-state index contributed by atoms with van der Waals surface area (Å²) in [5.41, 5.74) is 0. The average molecular weight is 266 g/mol. The molecule has 7 heteroatoms. The minimum absolute atomic E-state index is 0.0297. The minimum Gasteiger partial charge on any atom is -0.395 e. The fourth-order valence-corrected chi connectivity index (χ4v) is 2.44. The molecule has 1 aliphatic carbocycles. The van der Waals surface area contributed by atoms with Crippen LogP contribution < -0.4 is 5.32 Å². The van der Waals surface area contributed by atoms with Crippen LogP contribution >= 0.6 is 0 Å². The van der Waals surface area contributed by atoms with Gasteiger partial charge in [0.25, 0.3) is 11.7 Å². The van der Waals surface area contributed by atoms with Gasteiger partial charge in [-0.1, -0.05) is 5.16 Å². The van der Waals surface area contributed by atoms with Crippen LogP contribution in [0.2, 0.25) is 0 Å². The predicted octanol–water partition coefficient (Wildman–Crippen LogP) is 0.0910. The Morgan fingerprint density at radius 1 is 1.47 bits per heavy atom. The van der Waals surface area contributed by atoms with Crippen molar-refractivity contribution >= 4 is 5.91 Å². The molecule has 7 nitrogen and oxygen atoms in total. The standard InChI is InChI=1S/C12H18N4O3/c17-7-6-16-5-1-2-9(16)12-14-10(15-19-12)11(18)13-8-3-4-8/h8-9,17H,1-7H2,(H,13,18)/t9-/m1/s1. The third-order valence-electron chi connectivity index (χ3n) is 3.59. The quantitative estimate of drug-likeness (QED) is 0.785. The van der Waals surface area contributed by atoms with Crippen molar-refractivity contribution in [2.75, 3.05) is 19.7 Å². The second-order valence-electron chi connectivity index (χ2n) is 5.12. The third kappa shape index (κ3) is 2.76. The molecule has 1 atom stereocenters. The SMILES string of the molecule is O=C(NC1CC1)c1noc([C@H]2CCCN2CCO)n1. The van der Waals surface area contributed by atoms with Crippen LogP contribution in [-0.4, -0.2) is 51.8 Å². The first kappa shape index (κ1) is 12.6. The van der Waals surface area contributed by atoms with Crippen LogP contribution in [0, 0.1) is 0 Å². The van der Waals surface area contributed by atoms with Gasteiger partial charge in [-0.05, 0) is 32.2 Å². The lowest BCUT2D eigenvalue weighted by molar-refractivity contribution is 0.0937. The van der Waals surface area contributed by atoms with Crippen molar-refractivity contribution in [2.24, 2.45) is 0 Å². The van der Waals surface area contributed by atoms with Gasteiger partial charge in [-0.3, -0.25) is 9.69 Å². The number of carbonyl (C=O) groups is 1. The maximum absolute atomic E-state index is 11.8. The molecule has 0 bridgehead atoms. The third-order valence-corrected chi connectivity index (χ3v) is 3.59. The minimum atomic E-state index is -0.260. The molecule has 1 saturated carbocycles. The van der Waals surface area contributed by atoms with Crippen LogP contribution in [0.15, 0.2) is 4.52 Å². The molecule has 2 N–H and O–H groups in total. The highest BCUT2D eigenvalue weighted by Crippen LogP contribution is 2.30. The summed E-state index contributed by atoms with van der Waals surface area (Å²) in [6.45, 7) is 1.62. The zero-order valence-corrected chi connectivity index (χ0v) is 10.7. The highest BCUT2D eigenvalue weighted by atomic mass is 16.5. The van der Waals surface area contributed by atoms with Gasteiger partial charge in [-0.25, -0.2) is 0 Å². The van der Waals surface area contributed by atoms with Crippen LogP contribution in [0.3, 0.4) is 0 Å². The molecule has 2 heterocycles. The zero-order chi connectivity index (χ0) is 13.2. The van der Waals surface area contributed by atoms with Crippen molar-refractivity contribution in [1.82, 2.24) is 20.4 Å². The van der Waals surface area contributed by atoms with E-state index in [0.29, 0.717) is 12.4 Å². The summed E-state index contributed by atoms with van der Waals surface area (Å²) >= 11 is 0. The number of aromatic nitrogens is 2. The zero-order valence-electron chi connectivity index (χ0n) is 10.7. The summed E-state index contributed by atoms with van der Waals surface area (Å²) < 4.78 is 5.20. The fraction of sp³-hybridized carbons (Fsp3) is 0.750. The van der Waals surface area contributed by atoms with E-state index in [1.54, 1.807) is 0 Å². The molecule has 3 rings (SSSR count). The molecule has 104 valence electrons. The lowest BCUT2D eigenvalue weighted by atomic mass is 10.2. The van der Waals surface area contributed by atoms with E-state index in [2.05, 4.69) is 20.4 Å². The number of nitrogens with zero attached hydrogens (tertiary/aromatic N) is 3. The molecular formula is C12H18N4O3. The van der Waals surface area contributed by atoms with Crippen molar-refractivity contribution in [2.45, 2.75) is 37.8 Å². The number of rotatable bonds is 5. The van der Waals surface area contributed by atoms with Gasteiger partial charge in [0.15, 0.2) is 0 Å². The van der Waals surface area contributed by atoms with Crippen LogP contribution in [-0.2, 0) is 0 Å². The van der Waals surface area contributed by atoms with Gasteiger partial charge in [0.05, 0.1) is 12.6 Å². The van der Waals surface area contributed by atoms with E-state index in [0.717, 1.165) is 32.2 Å². The first-order valence-electron chi connectivity index (χ1n) is 6.77. The number of amides is 1. The Hall–Kier alpha value is -1.47. The molecule has 2 aliphatic rings. The molecule has 0 radical (unpaired) electrons. The summed E-state index contributed by atoms with van der Waals surface area (Å²) in [5, 5.41) is 15.6. The van der Waals surface area contributed by atoms with E-state index in [4.69, 9.17) is 9.63 Å². The van der Waals surface area contributed by atoms with E-state index < -0.39 is 0 Å². The van der Waals surface area contributed by atoms with Crippen molar-refractivity contribution < 1.29 is 14.4 Å². The van der Waals surface area contributed by atoms with Crippen molar-refractivity contribution in [1.29, 1.82) is 0 Å². The summed E-state index contributed by atoms with van der Waals surface area (Å²) in [6.07, 6.45) is 4.02. The molecule has 1 aromatic rings. The Kier molecular flexibility index (Phi) is 3.48. The van der Waals surface area contributed by atoms with Crippen LogP contribution in [0.25, 0.3) is 0 Å². The Labute approximate surface area is 111 Å². The van der Waals surface area contributed by atoms with Crippen LogP contribution in [0.1, 0.15) is 48.2 Å².